The number of nitrogens with one attached hydrogen (secondary N) is 2. The maximum atomic E-state index is 9.57. The highest BCUT2D eigenvalue weighted by molar-refractivity contribution is 8.76. The lowest BCUT2D eigenvalue weighted by Gasteiger charge is -2.29. The van der Waals surface area contributed by atoms with E-state index in [-0.39, 0.29) is 11.5 Å². The Hall–Kier alpha value is -0.880. The van der Waals surface area contributed by atoms with Gasteiger partial charge >= 0.3 is 0 Å². The minimum atomic E-state index is -0.132. The third-order valence-electron chi connectivity index (χ3n) is 1.75. The van der Waals surface area contributed by atoms with Gasteiger partial charge in [0.2, 0.25) is 0 Å². The molecule has 0 aromatic carbocycles. The highest BCUT2D eigenvalue weighted by Crippen LogP contribution is 2.28. The minimum absolute atomic E-state index is 0.130. The number of aromatic nitrogens is 1. The van der Waals surface area contributed by atoms with Crippen molar-refractivity contribution in [3.63, 3.8) is 0 Å². The van der Waals surface area contributed by atoms with Crippen molar-refractivity contribution in [2.24, 2.45) is 0 Å². The molecule has 0 aliphatic heterocycles. The Balaban J connectivity index is 2.07. The van der Waals surface area contributed by atoms with E-state index >= 15 is 0 Å². The first-order valence-electron chi connectivity index (χ1n) is 5.76. The van der Waals surface area contributed by atoms with Gasteiger partial charge in [-0.25, -0.2) is 4.98 Å². The first-order chi connectivity index (χ1) is 8.47. The molecule has 6 heteroatoms. The van der Waals surface area contributed by atoms with Gasteiger partial charge in [-0.1, -0.05) is 37.6 Å². The van der Waals surface area contributed by atoms with Crippen LogP contribution in [-0.4, -0.2) is 28.8 Å². The lowest BCUT2D eigenvalue weighted by atomic mass is 10.1. The quantitative estimate of drug-likeness (QED) is 0.376. The summed E-state index contributed by atoms with van der Waals surface area (Å²) in [6, 6.07) is 5.86. The van der Waals surface area contributed by atoms with Gasteiger partial charge in [-0.2, -0.15) is 0 Å². The van der Waals surface area contributed by atoms with Crippen LogP contribution >= 0.6 is 21.6 Å². The van der Waals surface area contributed by atoms with Crippen molar-refractivity contribution in [1.82, 2.24) is 15.6 Å². The van der Waals surface area contributed by atoms with Crippen LogP contribution in [0.25, 0.3) is 5.41 Å². The predicted molar refractivity (Wildman–Crippen MR) is 81.8 cm³/mol. The van der Waals surface area contributed by atoms with Crippen LogP contribution in [0.4, 0.5) is 0 Å². The third-order valence-corrected chi connectivity index (χ3v) is 4.02. The highest BCUT2D eigenvalue weighted by Gasteiger charge is 2.04. The third kappa shape index (κ3) is 7.45. The van der Waals surface area contributed by atoms with E-state index in [1.165, 1.54) is 0 Å². The molecule has 0 fully saturated rings. The van der Waals surface area contributed by atoms with Crippen LogP contribution in [0.1, 0.15) is 20.8 Å². The first kappa shape index (κ1) is 15.2. The summed E-state index contributed by atoms with van der Waals surface area (Å²) in [6.07, 6.45) is 1.79. The van der Waals surface area contributed by atoms with Gasteiger partial charge in [-0.05, 0) is 35.0 Å². The molecule has 0 unspecified atom stereocenters. The summed E-state index contributed by atoms with van der Waals surface area (Å²) in [5.41, 5.74) is -0.132. The fourth-order valence-corrected chi connectivity index (χ4v) is 2.89. The van der Waals surface area contributed by atoms with Crippen LogP contribution in [0.5, 0.6) is 0 Å². The molecule has 0 aliphatic carbocycles. The summed E-state index contributed by atoms with van der Waals surface area (Å²) < 4.78 is 0. The Bertz CT molecular complexity index is 362. The van der Waals surface area contributed by atoms with Gasteiger partial charge in [-0.3, -0.25) is 0 Å². The fourth-order valence-electron chi connectivity index (χ4n) is 1.11. The van der Waals surface area contributed by atoms with Crippen molar-refractivity contribution >= 4 is 27.5 Å². The van der Waals surface area contributed by atoms with Crippen LogP contribution < -0.4 is 10.6 Å². The van der Waals surface area contributed by atoms with E-state index < -0.39 is 0 Å². The minimum Gasteiger partial charge on any atom is -0.439 e. The molecule has 0 radical (unpaired) electrons. The second-order valence-electron chi connectivity index (χ2n) is 4.72. The van der Waals surface area contributed by atoms with Gasteiger partial charge in [0.05, 0.1) is 0 Å². The van der Waals surface area contributed by atoms with Gasteiger partial charge < -0.3 is 16.0 Å². The molecule has 0 saturated carbocycles. The predicted octanol–water partition coefficient (Wildman–Crippen LogP) is 2.73. The van der Waals surface area contributed by atoms with Crippen LogP contribution in [0.3, 0.4) is 0 Å². The highest BCUT2D eigenvalue weighted by atomic mass is 33.1. The number of hydrogen-bond donors (Lipinski definition) is 2. The van der Waals surface area contributed by atoms with Gasteiger partial charge in [-0.15, -0.1) is 0 Å². The molecule has 0 spiro atoms. The van der Waals surface area contributed by atoms with Gasteiger partial charge in [0.15, 0.2) is 0 Å². The number of pyridine rings is 1. The summed E-state index contributed by atoms with van der Waals surface area (Å²) in [7, 11) is 3.35. The van der Waals surface area contributed by atoms with E-state index in [1.807, 2.05) is 39.0 Å². The second-order valence-corrected chi connectivity index (χ2v) is 7.16. The molecule has 2 N–H and O–H groups in total. The molecule has 4 nitrogen and oxygen atoms in total. The normalized spacial score (nSPS) is 11.1. The van der Waals surface area contributed by atoms with Gasteiger partial charge in [0, 0.05) is 17.9 Å². The Labute approximate surface area is 117 Å². The van der Waals surface area contributed by atoms with Crippen molar-refractivity contribution in [3.05, 3.63) is 29.8 Å². The maximum absolute atomic E-state index is 9.57. The van der Waals surface area contributed by atoms with Crippen molar-refractivity contribution in [2.45, 2.75) is 31.3 Å². The Morgan fingerprint density at radius 2 is 2.17 bits per heavy atom. The molecule has 0 saturated heterocycles. The standard InChI is InChI=1S/C12H19N4S2/c1-12(2,3)16-11(13)15-8-9-17-18-10-6-4-5-7-14-10/h4-7H,8-9H2,1-3H3,(H2-,13,15,16)/q-1. The molecule has 0 atom stereocenters. The second kappa shape index (κ2) is 7.53. The molecule has 100 valence electrons. The SMILES string of the molecule is CC(C)(C)NC(=[N-])NCCSSc1ccccn1. The smallest absolute Gasteiger partial charge is 0.106 e. The molecular formula is C12H19N4S2-. The van der Waals surface area contributed by atoms with Crippen LogP contribution in [0, 0.1) is 0 Å². The zero-order valence-electron chi connectivity index (χ0n) is 10.9. The van der Waals surface area contributed by atoms with E-state index in [1.54, 1.807) is 27.8 Å². The first-order valence-corrected chi connectivity index (χ1v) is 8.08. The Morgan fingerprint density at radius 1 is 1.39 bits per heavy atom. The largest absolute Gasteiger partial charge is 0.439 e. The van der Waals surface area contributed by atoms with Crippen LogP contribution in [0.15, 0.2) is 29.4 Å². The summed E-state index contributed by atoms with van der Waals surface area (Å²) in [5.74, 6) is 1.02. The number of rotatable bonds is 5. The van der Waals surface area contributed by atoms with Crippen molar-refractivity contribution in [3.8, 4) is 0 Å². The van der Waals surface area contributed by atoms with Crippen LogP contribution in [0.2, 0.25) is 0 Å². The van der Waals surface area contributed by atoms with E-state index in [0.717, 1.165) is 10.8 Å². The van der Waals surface area contributed by atoms with Crippen molar-refractivity contribution < 1.29 is 0 Å². The van der Waals surface area contributed by atoms with E-state index in [0.29, 0.717) is 6.54 Å². The van der Waals surface area contributed by atoms with Crippen molar-refractivity contribution in [1.29, 1.82) is 0 Å². The zero-order chi connectivity index (χ0) is 13.4. The Morgan fingerprint density at radius 3 is 2.78 bits per heavy atom. The fraction of sp³-hybridized carbons (Fsp3) is 0.500. The Kier molecular flexibility index (Phi) is 6.35. The van der Waals surface area contributed by atoms with E-state index in [4.69, 9.17) is 0 Å². The summed E-state index contributed by atoms with van der Waals surface area (Å²) in [6.45, 7) is 6.70. The molecule has 0 bridgehead atoms. The lowest BCUT2D eigenvalue weighted by Crippen LogP contribution is -2.47. The van der Waals surface area contributed by atoms with Gasteiger partial charge in [0.1, 0.15) is 5.03 Å². The number of nitrogens with zero attached hydrogens (tertiary/aromatic N) is 2. The van der Waals surface area contributed by atoms with E-state index in [9.17, 15) is 5.41 Å². The maximum Gasteiger partial charge on any atom is 0.106 e. The summed E-state index contributed by atoms with van der Waals surface area (Å²) in [4.78, 5) is 4.21. The molecule has 0 aliphatic rings. The van der Waals surface area contributed by atoms with Gasteiger partial charge in [0.25, 0.3) is 0 Å². The number of guanidine groups is 1. The zero-order valence-corrected chi connectivity index (χ0v) is 12.6. The molecule has 0 amide bonds. The average Bonchev–Trinajstić information content (AvgIpc) is 2.27. The lowest BCUT2D eigenvalue weighted by molar-refractivity contribution is 0.506. The molecular weight excluding hydrogens is 264 g/mol. The van der Waals surface area contributed by atoms with Crippen LogP contribution in [-0.2, 0) is 0 Å². The molecule has 1 heterocycles. The summed E-state index contributed by atoms with van der Waals surface area (Å²) >= 11 is 0. The molecule has 1 aromatic heterocycles. The molecule has 18 heavy (non-hydrogen) atoms. The number of hydrogen-bond acceptors (Lipinski definition) is 3. The molecule has 1 rings (SSSR count). The average molecular weight is 283 g/mol. The monoisotopic (exact) mass is 283 g/mol. The summed E-state index contributed by atoms with van der Waals surface area (Å²) in [5, 5.41) is 16.5. The topological polar surface area (TPSA) is 59.2 Å². The van der Waals surface area contributed by atoms with Crippen molar-refractivity contribution in [2.75, 3.05) is 12.3 Å². The van der Waals surface area contributed by atoms with E-state index in [2.05, 4.69) is 15.6 Å². The molecule has 1 aromatic rings.